The lowest BCUT2D eigenvalue weighted by Gasteiger charge is -2.07. The number of benzene rings is 1. The van der Waals surface area contributed by atoms with Crippen molar-refractivity contribution in [3.05, 3.63) is 39.5 Å². The van der Waals surface area contributed by atoms with Crippen LogP contribution >= 0.6 is 23.4 Å². The van der Waals surface area contributed by atoms with Gasteiger partial charge in [0.25, 0.3) is 0 Å². The summed E-state index contributed by atoms with van der Waals surface area (Å²) in [6.07, 6.45) is 0.773. The maximum Gasteiger partial charge on any atom is 0.343 e. The van der Waals surface area contributed by atoms with Gasteiger partial charge >= 0.3 is 5.69 Å². The molecule has 0 bridgehead atoms. The van der Waals surface area contributed by atoms with Crippen LogP contribution in [0.25, 0.3) is 0 Å². The summed E-state index contributed by atoms with van der Waals surface area (Å²) in [7, 11) is 0. The third-order valence-corrected chi connectivity index (χ3v) is 3.92. The lowest BCUT2D eigenvalue weighted by Crippen LogP contribution is -2.19. The minimum atomic E-state index is -0.603. The Morgan fingerprint density at radius 1 is 1.55 bits per heavy atom. The van der Waals surface area contributed by atoms with E-state index in [9.17, 15) is 14.0 Å². The summed E-state index contributed by atoms with van der Waals surface area (Å²) >= 11 is 6.75. The van der Waals surface area contributed by atoms with E-state index < -0.39 is 11.7 Å². The van der Waals surface area contributed by atoms with Crippen LogP contribution in [0.15, 0.2) is 28.2 Å². The fraction of sp³-hybridized carbons (Fsp3) is 0.308. The van der Waals surface area contributed by atoms with E-state index in [1.165, 1.54) is 16.7 Å². The van der Waals surface area contributed by atoms with Crippen molar-refractivity contribution in [2.45, 2.75) is 25.0 Å². The molecule has 1 aromatic heterocycles. The molecule has 2 aromatic rings. The zero-order valence-corrected chi connectivity index (χ0v) is 13.3. The molecule has 0 aliphatic heterocycles. The summed E-state index contributed by atoms with van der Waals surface area (Å²) in [5, 5.41) is 9.33. The largest absolute Gasteiger partial charge is 0.343 e. The number of hydrogen-bond donors (Lipinski definition) is 2. The number of amides is 1. The van der Waals surface area contributed by atoms with Crippen LogP contribution in [0.2, 0.25) is 5.02 Å². The van der Waals surface area contributed by atoms with E-state index in [4.69, 9.17) is 11.6 Å². The highest BCUT2D eigenvalue weighted by Gasteiger charge is 2.12. The monoisotopic (exact) mass is 344 g/mol. The van der Waals surface area contributed by atoms with Crippen molar-refractivity contribution >= 4 is 35.0 Å². The molecular formula is C13H14ClFN4O2S. The molecule has 6 nitrogen and oxygen atoms in total. The van der Waals surface area contributed by atoms with Gasteiger partial charge in [-0.25, -0.2) is 14.3 Å². The van der Waals surface area contributed by atoms with E-state index in [0.29, 0.717) is 11.7 Å². The quantitative estimate of drug-likeness (QED) is 0.789. The second-order valence-electron chi connectivity index (χ2n) is 4.42. The smallest absolute Gasteiger partial charge is 0.323 e. The fourth-order valence-electron chi connectivity index (χ4n) is 1.74. The summed E-state index contributed by atoms with van der Waals surface area (Å²) in [4.78, 5) is 23.4. The van der Waals surface area contributed by atoms with Gasteiger partial charge in [0.15, 0.2) is 5.16 Å². The number of H-pyrrole nitrogens is 1. The molecule has 0 aliphatic rings. The number of aromatic nitrogens is 3. The minimum Gasteiger partial charge on any atom is -0.323 e. The van der Waals surface area contributed by atoms with Gasteiger partial charge in [0, 0.05) is 11.6 Å². The molecule has 0 atom stereocenters. The zero-order valence-electron chi connectivity index (χ0n) is 11.7. The fourth-order valence-corrected chi connectivity index (χ4v) is 2.67. The molecule has 1 aromatic carbocycles. The van der Waals surface area contributed by atoms with Gasteiger partial charge in [-0.15, -0.1) is 5.10 Å². The molecule has 0 aliphatic carbocycles. The SMILES string of the molecule is CCCn1c(SCC(=O)Nc2ccc(Cl)cc2F)n[nH]c1=O. The molecule has 22 heavy (non-hydrogen) atoms. The number of thioether (sulfide) groups is 1. The average Bonchev–Trinajstić information content (AvgIpc) is 2.81. The predicted molar refractivity (Wildman–Crippen MR) is 83.9 cm³/mol. The lowest BCUT2D eigenvalue weighted by molar-refractivity contribution is -0.113. The van der Waals surface area contributed by atoms with E-state index in [-0.39, 0.29) is 22.2 Å². The van der Waals surface area contributed by atoms with Crippen molar-refractivity contribution in [2.75, 3.05) is 11.1 Å². The molecule has 1 heterocycles. The molecule has 0 saturated heterocycles. The van der Waals surface area contributed by atoms with Gasteiger partial charge in [0.1, 0.15) is 5.82 Å². The van der Waals surface area contributed by atoms with Crippen molar-refractivity contribution in [1.29, 1.82) is 0 Å². The van der Waals surface area contributed by atoms with Crippen LogP contribution < -0.4 is 11.0 Å². The summed E-state index contributed by atoms with van der Waals surface area (Å²) < 4.78 is 15.0. The molecule has 2 N–H and O–H groups in total. The molecular weight excluding hydrogens is 331 g/mol. The molecule has 2 rings (SSSR count). The highest BCUT2D eigenvalue weighted by molar-refractivity contribution is 7.99. The summed E-state index contributed by atoms with van der Waals surface area (Å²) in [5.74, 6) is -0.992. The van der Waals surface area contributed by atoms with Crippen molar-refractivity contribution in [1.82, 2.24) is 14.8 Å². The summed E-state index contributed by atoms with van der Waals surface area (Å²) in [5.41, 5.74) is -0.253. The van der Waals surface area contributed by atoms with Gasteiger partial charge in [0.05, 0.1) is 11.4 Å². The normalized spacial score (nSPS) is 10.7. The average molecular weight is 345 g/mol. The third kappa shape index (κ3) is 4.11. The maximum absolute atomic E-state index is 13.6. The Morgan fingerprint density at radius 2 is 2.32 bits per heavy atom. The Hall–Kier alpha value is -1.80. The third-order valence-electron chi connectivity index (χ3n) is 2.71. The van der Waals surface area contributed by atoms with Crippen LogP contribution in [0.3, 0.4) is 0 Å². The summed E-state index contributed by atoms with van der Waals surface area (Å²) in [6.45, 7) is 2.45. The van der Waals surface area contributed by atoms with Crippen LogP contribution in [-0.2, 0) is 11.3 Å². The number of halogens is 2. The molecule has 0 unspecified atom stereocenters. The Balaban J connectivity index is 1.97. The highest BCUT2D eigenvalue weighted by Crippen LogP contribution is 2.20. The van der Waals surface area contributed by atoms with Gasteiger partial charge in [-0.1, -0.05) is 30.3 Å². The predicted octanol–water partition coefficient (Wildman–Crippen LogP) is 2.50. The number of nitrogens with one attached hydrogen (secondary N) is 2. The van der Waals surface area contributed by atoms with Gasteiger partial charge in [-0.05, 0) is 24.6 Å². The van der Waals surface area contributed by atoms with Gasteiger partial charge in [-0.3, -0.25) is 9.36 Å². The minimum absolute atomic E-state index is 0.00999. The van der Waals surface area contributed by atoms with Crippen LogP contribution in [0.1, 0.15) is 13.3 Å². The highest BCUT2D eigenvalue weighted by atomic mass is 35.5. The number of hydrogen-bond acceptors (Lipinski definition) is 4. The Labute approximate surface area is 135 Å². The standard InChI is InChI=1S/C13H14ClFN4O2S/c1-2-5-19-12(21)17-18-13(19)22-7-11(20)16-10-4-3-8(14)6-9(10)15/h3-4,6H,2,5,7H2,1H3,(H,16,20)(H,17,21). The summed E-state index contributed by atoms with van der Waals surface area (Å²) in [6, 6.07) is 4.00. The van der Waals surface area contributed by atoms with Crippen molar-refractivity contribution in [3.63, 3.8) is 0 Å². The number of anilines is 1. The van der Waals surface area contributed by atoms with E-state index in [2.05, 4.69) is 15.5 Å². The molecule has 0 saturated carbocycles. The molecule has 1 amide bonds. The first kappa shape index (κ1) is 16.6. The number of carbonyl (C=O) groups excluding carboxylic acids is 1. The maximum atomic E-state index is 13.6. The van der Waals surface area contributed by atoms with Crippen molar-refractivity contribution in [2.24, 2.45) is 0 Å². The first-order valence-corrected chi connectivity index (χ1v) is 7.90. The number of nitrogens with zero attached hydrogens (tertiary/aromatic N) is 2. The Morgan fingerprint density at radius 3 is 3.00 bits per heavy atom. The number of rotatable bonds is 6. The van der Waals surface area contributed by atoms with Gasteiger partial charge in [0.2, 0.25) is 5.91 Å². The van der Waals surface area contributed by atoms with E-state index in [0.717, 1.165) is 24.2 Å². The molecule has 0 spiro atoms. The topological polar surface area (TPSA) is 79.8 Å². The second kappa shape index (κ2) is 7.46. The zero-order chi connectivity index (χ0) is 16.1. The second-order valence-corrected chi connectivity index (χ2v) is 5.80. The van der Waals surface area contributed by atoms with Crippen molar-refractivity contribution < 1.29 is 9.18 Å². The molecule has 9 heteroatoms. The Kier molecular flexibility index (Phi) is 5.62. The number of aromatic amines is 1. The van der Waals surface area contributed by atoms with E-state index in [1.807, 2.05) is 6.92 Å². The van der Waals surface area contributed by atoms with Crippen LogP contribution in [0, 0.1) is 5.82 Å². The number of carbonyl (C=O) groups is 1. The van der Waals surface area contributed by atoms with Crippen LogP contribution in [0.4, 0.5) is 10.1 Å². The van der Waals surface area contributed by atoms with Crippen LogP contribution in [-0.4, -0.2) is 26.4 Å². The van der Waals surface area contributed by atoms with Crippen molar-refractivity contribution in [3.8, 4) is 0 Å². The first-order valence-electron chi connectivity index (χ1n) is 6.54. The van der Waals surface area contributed by atoms with Gasteiger partial charge < -0.3 is 5.32 Å². The van der Waals surface area contributed by atoms with Crippen LogP contribution in [0.5, 0.6) is 0 Å². The van der Waals surface area contributed by atoms with E-state index in [1.54, 1.807) is 0 Å². The van der Waals surface area contributed by atoms with E-state index >= 15 is 0 Å². The lowest BCUT2D eigenvalue weighted by atomic mass is 10.3. The van der Waals surface area contributed by atoms with Gasteiger partial charge in [-0.2, -0.15) is 0 Å². The molecule has 118 valence electrons. The Bertz CT molecular complexity index is 731. The first-order chi connectivity index (χ1) is 10.5. The molecule has 0 fully saturated rings. The molecule has 0 radical (unpaired) electrons.